The molecule has 0 aliphatic heterocycles. The average molecular weight is 316 g/mol. The minimum absolute atomic E-state index is 0.0167. The zero-order valence-electron chi connectivity index (χ0n) is 11.4. The number of hydrogen-bond donors (Lipinski definition) is 1. The molecule has 2 aromatic rings. The zero-order valence-corrected chi connectivity index (χ0v) is 12.2. The van der Waals surface area contributed by atoms with Crippen molar-refractivity contribution in [3.63, 3.8) is 0 Å². The summed E-state index contributed by atoms with van der Waals surface area (Å²) in [5, 5.41) is 22.6. The molecule has 1 N–H and O–H groups in total. The maximum absolute atomic E-state index is 11.8. The van der Waals surface area contributed by atoms with Crippen LogP contribution in [-0.4, -0.2) is 21.0 Å². The summed E-state index contributed by atoms with van der Waals surface area (Å²) in [6.07, 6.45) is 5.23. The van der Waals surface area contributed by atoms with Crippen molar-refractivity contribution >= 4 is 34.1 Å². The Morgan fingerprint density at radius 1 is 1.32 bits per heavy atom. The number of nitrogens with zero attached hydrogens (tertiary/aromatic N) is 3. The van der Waals surface area contributed by atoms with Crippen molar-refractivity contribution in [2.45, 2.75) is 18.8 Å². The Morgan fingerprint density at radius 3 is 2.68 bits per heavy atom. The molecule has 112 valence electrons. The van der Waals surface area contributed by atoms with Crippen molar-refractivity contribution in [1.29, 1.82) is 0 Å². The standard InChI is InChI=1S/C14H12N4O3S/c19-12(15-14-17-16-13(22-14)10-4-5-10)8-3-9-1-6-11(7-2-9)18(20)21/h1-3,6-8,10H,4-5H2,(H,15,17,19)/b8-3+. The second-order valence-corrected chi connectivity index (χ2v) is 5.90. The molecule has 1 heterocycles. The van der Waals surface area contributed by atoms with Crippen LogP contribution in [-0.2, 0) is 4.79 Å². The van der Waals surface area contributed by atoms with Gasteiger partial charge >= 0.3 is 0 Å². The molecule has 3 rings (SSSR count). The van der Waals surface area contributed by atoms with Gasteiger partial charge in [-0.2, -0.15) is 0 Å². The van der Waals surface area contributed by atoms with Crippen LogP contribution in [0.4, 0.5) is 10.8 Å². The first kappa shape index (κ1) is 14.3. The van der Waals surface area contributed by atoms with Crippen LogP contribution in [0.1, 0.15) is 29.3 Å². The number of aromatic nitrogens is 2. The minimum atomic E-state index is -0.465. The van der Waals surface area contributed by atoms with Crippen LogP contribution in [0, 0.1) is 10.1 Å². The number of rotatable bonds is 5. The molecule has 22 heavy (non-hydrogen) atoms. The summed E-state index contributed by atoms with van der Waals surface area (Å²) in [6, 6.07) is 5.95. The smallest absolute Gasteiger partial charge is 0.269 e. The van der Waals surface area contributed by atoms with Crippen LogP contribution < -0.4 is 5.32 Å². The number of hydrogen-bond acceptors (Lipinski definition) is 6. The summed E-state index contributed by atoms with van der Waals surface area (Å²) in [4.78, 5) is 21.9. The van der Waals surface area contributed by atoms with Crippen molar-refractivity contribution < 1.29 is 9.72 Å². The van der Waals surface area contributed by atoms with Crippen LogP contribution in [0.5, 0.6) is 0 Å². The van der Waals surface area contributed by atoms with Gasteiger partial charge in [0.1, 0.15) is 5.01 Å². The molecule has 1 aromatic carbocycles. The van der Waals surface area contributed by atoms with Gasteiger partial charge in [0.05, 0.1) is 4.92 Å². The predicted octanol–water partition coefficient (Wildman–Crippen LogP) is 2.98. The van der Waals surface area contributed by atoms with E-state index < -0.39 is 4.92 Å². The number of nitrogens with one attached hydrogen (secondary N) is 1. The lowest BCUT2D eigenvalue weighted by Gasteiger charge is -1.95. The molecule has 1 aliphatic rings. The van der Waals surface area contributed by atoms with E-state index in [-0.39, 0.29) is 11.6 Å². The van der Waals surface area contributed by atoms with Crippen molar-refractivity contribution in [3.8, 4) is 0 Å². The fourth-order valence-electron chi connectivity index (χ4n) is 1.81. The van der Waals surface area contributed by atoms with Gasteiger partial charge in [-0.25, -0.2) is 0 Å². The summed E-state index contributed by atoms with van der Waals surface area (Å²) in [5.74, 6) is 0.204. The lowest BCUT2D eigenvalue weighted by atomic mass is 10.2. The minimum Gasteiger partial charge on any atom is -0.297 e. The number of amides is 1. The van der Waals surface area contributed by atoms with Crippen molar-refractivity contribution in [3.05, 3.63) is 51.0 Å². The summed E-state index contributed by atoms with van der Waals surface area (Å²) < 4.78 is 0. The Labute approximate surface area is 129 Å². The van der Waals surface area contributed by atoms with E-state index in [0.29, 0.717) is 16.6 Å². The highest BCUT2D eigenvalue weighted by Crippen LogP contribution is 2.41. The second-order valence-electron chi connectivity index (χ2n) is 4.89. The van der Waals surface area contributed by atoms with Gasteiger partial charge in [-0.1, -0.05) is 11.3 Å². The molecule has 1 fully saturated rings. The molecule has 0 atom stereocenters. The number of nitro groups is 1. The van der Waals surface area contributed by atoms with Crippen LogP contribution in [0.2, 0.25) is 0 Å². The van der Waals surface area contributed by atoms with Gasteiger partial charge in [-0.05, 0) is 36.6 Å². The molecule has 1 aromatic heterocycles. The van der Waals surface area contributed by atoms with E-state index >= 15 is 0 Å². The Balaban J connectivity index is 1.58. The Bertz CT molecular complexity index is 735. The number of non-ortho nitro benzene ring substituents is 1. The number of anilines is 1. The molecule has 0 bridgehead atoms. The monoisotopic (exact) mass is 316 g/mol. The molecule has 0 saturated heterocycles. The second kappa shape index (κ2) is 6.02. The van der Waals surface area contributed by atoms with Crippen molar-refractivity contribution in [2.75, 3.05) is 5.32 Å². The molecule has 0 unspecified atom stereocenters. The summed E-state index contributed by atoms with van der Waals surface area (Å²) in [7, 11) is 0. The van der Waals surface area contributed by atoms with Crippen molar-refractivity contribution in [1.82, 2.24) is 10.2 Å². The van der Waals surface area contributed by atoms with Crippen LogP contribution in [0.15, 0.2) is 30.3 Å². The first-order valence-electron chi connectivity index (χ1n) is 6.69. The Hall–Kier alpha value is -2.61. The highest BCUT2D eigenvalue weighted by molar-refractivity contribution is 7.15. The largest absolute Gasteiger partial charge is 0.297 e. The van der Waals surface area contributed by atoms with E-state index in [0.717, 1.165) is 17.8 Å². The van der Waals surface area contributed by atoms with E-state index in [1.54, 1.807) is 18.2 Å². The number of carbonyl (C=O) groups is 1. The number of carbonyl (C=O) groups excluding carboxylic acids is 1. The average Bonchev–Trinajstić information content (AvgIpc) is 3.26. The number of nitro benzene ring substituents is 1. The van der Waals surface area contributed by atoms with E-state index in [2.05, 4.69) is 15.5 Å². The van der Waals surface area contributed by atoms with E-state index in [4.69, 9.17) is 0 Å². The van der Waals surface area contributed by atoms with Gasteiger partial charge in [-0.15, -0.1) is 10.2 Å². The van der Waals surface area contributed by atoms with E-state index in [1.165, 1.54) is 29.5 Å². The first-order chi connectivity index (χ1) is 10.6. The Morgan fingerprint density at radius 2 is 2.05 bits per heavy atom. The normalized spacial score (nSPS) is 14.2. The molecule has 0 spiro atoms. The van der Waals surface area contributed by atoms with Gasteiger partial charge < -0.3 is 0 Å². The van der Waals surface area contributed by atoms with E-state index in [9.17, 15) is 14.9 Å². The van der Waals surface area contributed by atoms with Crippen LogP contribution in [0.25, 0.3) is 6.08 Å². The summed E-state index contributed by atoms with van der Waals surface area (Å²) in [6.45, 7) is 0. The molecular formula is C14H12N4O3S. The molecular weight excluding hydrogens is 304 g/mol. The highest BCUT2D eigenvalue weighted by atomic mass is 32.1. The van der Waals surface area contributed by atoms with Crippen molar-refractivity contribution in [2.24, 2.45) is 0 Å². The topological polar surface area (TPSA) is 98.0 Å². The lowest BCUT2D eigenvalue weighted by Crippen LogP contribution is -2.07. The molecule has 8 heteroatoms. The molecule has 1 amide bonds. The predicted molar refractivity (Wildman–Crippen MR) is 82.6 cm³/mol. The third-order valence-electron chi connectivity index (χ3n) is 3.13. The summed E-state index contributed by atoms with van der Waals surface area (Å²) >= 11 is 1.40. The van der Waals surface area contributed by atoms with Gasteiger partial charge in [0, 0.05) is 24.1 Å². The van der Waals surface area contributed by atoms with Crippen LogP contribution in [0.3, 0.4) is 0 Å². The SMILES string of the molecule is O=C(/C=C/c1ccc([N+](=O)[O-])cc1)Nc1nnc(C2CC2)s1. The fraction of sp³-hybridized carbons (Fsp3) is 0.214. The third kappa shape index (κ3) is 3.53. The number of benzene rings is 1. The van der Waals surface area contributed by atoms with Gasteiger partial charge in [-0.3, -0.25) is 20.2 Å². The van der Waals surface area contributed by atoms with Crippen LogP contribution >= 0.6 is 11.3 Å². The first-order valence-corrected chi connectivity index (χ1v) is 7.50. The van der Waals surface area contributed by atoms with Gasteiger partial charge in [0.25, 0.3) is 5.69 Å². The van der Waals surface area contributed by atoms with Gasteiger partial charge in [0.15, 0.2) is 0 Å². The molecule has 0 radical (unpaired) electrons. The molecule has 1 aliphatic carbocycles. The van der Waals surface area contributed by atoms with E-state index in [1.807, 2.05) is 0 Å². The molecule has 7 nitrogen and oxygen atoms in total. The lowest BCUT2D eigenvalue weighted by molar-refractivity contribution is -0.384. The Kier molecular flexibility index (Phi) is 3.92. The summed E-state index contributed by atoms with van der Waals surface area (Å²) in [5.41, 5.74) is 0.722. The quantitative estimate of drug-likeness (QED) is 0.519. The maximum Gasteiger partial charge on any atom is 0.269 e. The van der Waals surface area contributed by atoms with Gasteiger partial charge in [0.2, 0.25) is 11.0 Å². The fourth-order valence-corrected chi connectivity index (χ4v) is 2.72. The highest BCUT2D eigenvalue weighted by Gasteiger charge is 2.27. The third-order valence-corrected chi connectivity index (χ3v) is 4.13. The molecule has 1 saturated carbocycles. The zero-order chi connectivity index (χ0) is 15.5. The maximum atomic E-state index is 11.8.